The van der Waals surface area contributed by atoms with Crippen LogP contribution in [0.1, 0.15) is 25.8 Å². The van der Waals surface area contributed by atoms with Crippen LogP contribution in [0.25, 0.3) is 0 Å². The van der Waals surface area contributed by atoms with Crippen molar-refractivity contribution in [1.82, 2.24) is 10.2 Å². The van der Waals surface area contributed by atoms with E-state index in [0.29, 0.717) is 37.0 Å². The van der Waals surface area contributed by atoms with Crippen LogP contribution in [0.2, 0.25) is 0 Å². The Hall–Kier alpha value is -4.25. The maximum Gasteiger partial charge on any atom is 0.264 e. The van der Waals surface area contributed by atoms with Gasteiger partial charge in [-0.15, -0.1) is 0 Å². The first kappa shape index (κ1) is 29.7. The SMILES string of the molecule is CCCNC(=O)C(C)N(Cc1cccc(OC)c1)C(=O)CN(c1ccc2c(c1)OCCO2)S(=O)(=O)c1ccccc1. The van der Waals surface area contributed by atoms with Crippen LogP contribution >= 0.6 is 0 Å². The van der Waals surface area contributed by atoms with E-state index in [4.69, 9.17) is 14.2 Å². The van der Waals surface area contributed by atoms with Crippen molar-refractivity contribution >= 4 is 27.5 Å². The van der Waals surface area contributed by atoms with Crippen molar-refractivity contribution in [3.05, 3.63) is 78.4 Å². The number of carbonyl (C=O) groups is 2. The lowest BCUT2D eigenvalue weighted by atomic mass is 10.1. The Morgan fingerprint density at radius 1 is 0.976 bits per heavy atom. The molecule has 1 atom stereocenters. The normalized spacial score (nSPS) is 13.1. The maximum atomic E-state index is 14.0. The van der Waals surface area contributed by atoms with Gasteiger partial charge in [-0.2, -0.15) is 0 Å². The molecule has 0 radical (unpaired) electrons. The molecule has 0 spiro atoms. The molecule has 0 saturated carbocycles. The summed E-state index contributed by atoms with van der Waals surface area (Å²) in [5.74, 6) is 0.586. The standard InChI is InChI=1S/C30H35N3O7S/c1-4-15-31-30(35)22(2)32(20-23-9-8-10-25(18-23)38-3)29(34)21-33(41(36,37)26-11-6-5-7-12-26)24-13-14-27-28(19-24)40-17-16-39-27/h5-14,18-19,22H,4,15-17,20-21H2,1-3H3,(H,31,35). The second kappa shape index (κ2) is 13.4. The second-order valence-corrected chi connectivity index (χ2v) is 11.4. The third kappa shape index (κ3) is 7.10. The number of hydrogen-bond acceptors (Lipinski definition) is 7. The van der Waals surface area contributed by atoms with Gasteiger partial charge >= 0.3 is 0 Å². The fraction of sp³-hybridized carbons (Fsp3) is 0.333. The summed E-state index contributed by atoms with van der Waals surface area (Å²) in [6.07, 6.45) is 0.732. The highest BCUT2D eigenvalue weighted by Crippen LogP contribution is 2.36. The van der Waals surface area contributed by atoms with Gasteiger partial charge in [-0.25, -0.2) is 8.42 Å². The highest BCUT2D eigenvalue weighted by atomic mass is 32.2. The average molecular weight is 582 g/mol. The number of nitrogens with zero attached hydrogens (tertiary/aromatic N) is 2. The molecule has 1 aliphatic heterocycles. The van der Waals surface area contributed by atoms with Crippen LogP contribution in [0.3, 0.4) is 0 Å². The largest absolute Gasteiger partial charge is 0.497 e. The Balaban J connectivity index is 1.72. The van der Waals surface area contributed by atoms with Crippen molar-refractivity contribution in [3.63, 3.8) is 0 Å². The summed E-state index contributed by atoms with van der Waals surface area (Å²) in [4.78, 5) is 28.4. The number of anilines is 1. The van der Waals surface area contributed by atoms with Crippen LogP contribution in [0.5, 0.6) is 17.2 Å². The molecule has 1 N–H and O–H groups in total. The molecule has 3 aromatic carbocycles. The fourth-order valence-electron chi connectivity index (χ4n) is 4.38. The molecule has 0 fully saturated rings. The van der Waals surface area contributed by atoms with Crippen molar-refractivity contribution in [2.24, 2.45) is 0 Å². The predicted molar refractivity (Wildman–Crippen MR) is 155 cm³/mol. The zero-order valence-electron chi connectivity index (χ0n) is 23.4. The maximum absolute atomic E-state index is 14.0. The molecular weight excluding hydrogens is 546 g/mol. The van der Waals surface area contributed by atoms with E-state index in [0.717, 1.165) is 16.3 Å². The highest BCUT2D eigenvalue weighted by Gasteiger charge is 2.33. The van der Waals surface area contributed by atoms with E-state index in [-0.39, 0.29) is 23.0 Å². The minimum atomic E-state index is -4.18. The van der Waals surface area contributed by atoms with Crippen LogP contribution in [0.15, 0.2) is 77.7 Å². The number of rotatable bonds is 12. The third-order valence-electron chi connectivity index (χ3n) is 6.63. The second-order valence-electron chi connectivity index (χ2n) is 9.49. The van der Waals surface area contributed by atoms with E-state index in [1.54, 1.807) is 68.6 Å². The summed E-state index contributed by atoms with van der Waals surface area (Å²) in [5, 5.41) is 2.83. The Morgan fingerprint density at radius 2 is 1.71 bits per heavy atom. The smallest absolute Gasteiger partial charge is 0.264 e. The lowest BCUT2D eigenvalue weighted by Crippen LogP contribution is -2.51. The molecule has 2 amide bonds. The van der Waals surface area contributed by atoms with Gasteiger partial charge in [0.15, 0.2) is 11.5 Å². The van der Waals surface area contributed by atoms with Crippen LogP contribution in [-0.2, 0) is 26.2 Å². The van der Waals surface area contributed by atoms with Gasteiger partial charge in [0.2, 0.25) is 11.8 Å². The average Bonchev–Trinajstić information content (AvgIpc) is 3.01. The predicted octanol–water partition coefficient (Wildman–Crippen LogP) is 3.61. The van der Waals surface area contributed by atoms with Gasteiger partial charge in [0.1, 0.15) is 31.5 Å². The molecule has 1 unspecified atom stereocenters. The minimum absolute atomic E-state index is 0.0239. The summed E-state index contributed by atoms with van der Waals surface area (Å²) in [5.41, 5.74) is 0.959. The summed E-state index contributed by atoms with van der Waals surface area (Å²) >= 11 is 0. The molecule has 4 rings (SSSR count). The van der Waals surface area contributed by atoms with Gasteiger partial charge in [0.25, 0.3) is 10.0 Å². The molecule has 11 heteroatoms. The monoisotopic (exact) mass is 581 g/mol. The van der Waals surface area contributed by atoms with Gasteiger partial charge in [0, 0.05) is 19.2 Å². The molecule has 0 bridgehead atoms. The number of ether oxygens (including phenoxy) is 3. The van der Waals surface area contributed by atoms with Gasteiger partial charge < -0.3 is 24.4 Å². The first-order chi connectivity index (χ1) is 19.7. The number of benzene rings is 3. The minimum Gasteiger partial charge on any atom is -0.497 e. The Labute approximate surface area is 240 Å². The summed E-state index contributed by atoms with van der Waals surface area (Å²) in [7, 11) is -2.64. The van der Waals surface area contributed by atoms with E-state index >= 15 is 0 Å². The van der Waals surface area contributed by atoms with E-state index in [2.05, 4.69) is 5.32 Å². The number of fused-ring (bicyclic) bond motifs is 1. The van der Waals surface area contributed by atoms with Crippen LogP contribution in [0.4, 0.5) is 5.69 Å². The van der Waals surface area contributed by atoms with Crippen LogP contribution in [0, 0.1) is 0 Å². The molecule has 218 valence electrons. The molecule has 0 aromatic heterocycles. The van der Waals surface area contributed by atoms with E-state index < -0.39 is 28.5 Å². The van der Waals surface area contributed by atoms with E-state index in [1.165, 1.54) is 17.0 Å². The van der Waals surface area contributed by atoms with Crippen molar-refractivity contribution in [3.8, 4) is 17.2 Å². The van der Waals surface area contributed by atoms with Crippen molar-refractivity contribution in [1.29, 1.82) is 0 Å². The van der Waals surface area contributed by atoms with Crippen LogP contribution < -0.4 is 23.8 Å². The van der Waals surface area contributed by atoms with Gasteiger partial charge in [-0.3, -0.25) is 13.9 Å². The first-order valence-corrected chi connectivity index (χ1v) is 14.9. The lowest BCUT2D eigenvalue weighted by Gasteiger charge is -2.32. The van der Waals surface area contributed by atoms with Crippen molar-refractivity contribution in [2.45, 2.75) is 37.8 Å². The van der Waals surface area contributed by atoms with Crippen LogP contribution in [-0.4, -0.2) is 64.6 Å². The van der Waals surface area contributed by atoms with Crippen molar-refractivity contribution in [2.75, 3.05) is 37.7 Å². The summed E-state index contributed by atoms with van der Waals surface area (Å²) < 4.78 is 45.5. The Morgan fingerprint density at radius 3 is 2.41 bits per heavy atom. The molecule has 0 aliphatic carbocycles. The molecule has 1 heterocycles. The van der Waals surface area contributed by atoms with E-state index in [9.17, 15) is 18.0 Å². The zero-order chi connectivity index (χ0) is 29.4. The molecule has 41 heavy (non-hydrogen) atoms. The third-order valence-corrected chi connectivity index (χ3v) is 8.42. The molecular formula is C30H35N3O7S. The number of sulfonamides is 1. The first-order valence-electron chi connectivity index (χ1n) is 13.4. The lowest BCUT2D eigenvalue weighted by molar-refractivity contribution is -0.139. The topological polar surface area (TPSA) is 114 Å². The van der Waals surface area contributed by atoms with Gasteiger partial charge in [0.05, 0.1) is 17.7 Å². The quantitative estimate of drug-likeness (QED) is 0.348. The van der Waals surface area contributed by atoms with Gasteiger partial charge in [-0.05, 0) is 55.3 Å². The Bertz CT molecular complexity index is 1460. The molecule has 3 aromatic rings. The molecule has 1 aliphatic rings. The van der Waals surface area contributed by atoms with Crippen molar-refractivity contribution < 1.29 is 32.2 Å². The summed E-state index contributed by atoms with van der Waals surface area (Å²) in [6, 6.07) is 18.9. The number of carbonyl (C=O) groups excluding carboxylic acids is 2. The van der Waals surface area contributed by atoms with E-state index in [1.807, 2.05) is 13.0 Å². The molecule has 0 saturated heterocycles. The Kier molecular flexibility index (Phi) is 9.72. The number of methoxy groups -OCH3 is 1. The van der Waals surface area contributed by atoms with Gasteiger partial charge in [-0.1, -0.05) is 37.3 Å². The number of nitrogens with one attached hydrogen (secondary N) is 1. The summed E-state index contributed by atoms with van der Waals surface area (Å²) in [6.45, 7) is 4.24. The molecule has 10 nitrogen and oxygen atoms in total. The number of hydrogen-bond donors (Lipinski definition) is 1. The number of amides is 2. The fourth-order valence-corrected chi connectivity index (χ4v) is 5.81. The zero-order valence-corrected chi connectivity index (χ0v) is 24.2. The highest BCUT2D eigenvalue weighted by molar-refractivity contribution is 7.92.